The van der Waals surface area contributed by atoms with Crippen molar-refractivity contribution in [2.45, 2.75) is 25.3 Å². The van der Waals surface area contributed by atoms with E-state index in [-0.39, 0.29) is 11.8 Å². The number of carbonyl (C=O) groups is 1. The van der Waals surface area contributed by atoms with E-state index in [0.717, 1.165) is 11.9 Å². The molecule has 1 unspecified atom stereocenters. The van der Waals surface area contributed by atoms with E-state index in [1.54, 1.807) is 12.3 Å². The van der Waals surface area contributed by atoms with Crippen LogP contribution in [-0.2, 0) is 4.79 Å². The van der Waals surface area contributed by atoms with Crippen molar-refractivity contribution in [3.05, 3.63) is 53.5 Å². The lowest BCUT2D eigenvalue weighted by Crippen LogP contribution is -2.41. The zero-order valence-electron chi connectivity index (χ0n) is 15.6. The Morgan fingerprint density at radius 3 is 2.52 bits per heavy atom. The number of hydrogen-bond donors (Lipinski definition) is 0. The van der Waals surface area contributed by atoms with Crippen LogP contribution in [0.5, 0.6) is 0 Å². The number of anilines is 1. The minimum Gasteiger partial charge on any atom is -0.356 e. The molecule has 2 aliphatic heterocycles. The molecule has 0 radical (unpaired) electrons. The van der Waals surface area contributed by atoms with E-state index in [2.05, 4.69) is 25.9 Å². The second-order valence-electron chi connectivity index (χ2n) is 7.10. The van der Waals surface area contributed by atoms with Crippen LogP contribution in [0.3, 0.4) is 0 Å². The fourth-order valence-corrected chi connectivity index (χ4v) is 3.81. The van der Waals surface area contributed by atoms with Gasteiger partial charge in [0.15, 0.2) is 0 Å². The van der Waals surface area contributed by atoms with Crippen LogP contribution in [0.15, 0.2) is 35.7 Å². The summed E-state index contributed by atoms with van der Waals surface area (Å²) >= 11 is 0. The molecule has 148 valence electrons. The van der Waals surface area contributed by atoms with Gasteiger partial charge in [-0.3, -0.25) is 4.79 Å². The number of benzene rings is 1. The van der Waals surface area contributed by atoms with Gasteiger partial charge in [-0.1, -0.05) is 5.92 Å². The highest BCUT2D eigenvalue weighted by atomic mass is 19.1. The Labute approximate surface area is 167 Å². The summed E-state index contributed by atoms with van der Waals surface area (Å²) in [6, 6.07) is 4.60. The molecule has 6 nitrogen and oxygen atoms in total. The van der Waals surface area contributed by atoms with E-state index in [1.165, 1.54) is 23.5 Å². The van der Waals surface area contributed by atoms with Gasteiger partial charge in [0.2, 0.25) is 5.91 Å². The quantitative estimate of drug-likeness (QED) is 0.750. The Hall–Kier alpha value is -3.34. The van der Waals surface area contributed by atoms with Gasteiger partial charge < -0.3 is 4.90 Å². The van der Waals surface area contributed by atoms with Gasteiger partial charge in [-0.2, -0.15) is 5.10 Å². The lowest BCUT2D eigenvalue weighted by molar-refractivity contribution is -0.138. The molecule has 3 heterocycles. The minimum absolute atomic E-state index is 0.125. The van der Waals surface area contributed by atoms with E-state index in [4.69, 9.17) is 6.42 Å². The predicted octanol–water partition coefficient (Wildman–Crippen LogP) is 2.91. The number of terminal acetylenes is 1. The third-order valence-electron chi connectivity index (χ3n) is 5.29. The van der Waals surface area contributed by atoms with Gasteiger partial charge in [0.25, 0.3) is 0 Å². The number of carbonyl (C=O) groups excluding carboxylic acids is 1. The lowest BCUT2D eigenvalue weighted by atomic mass is 9.94. The molecule has 2 aromatic rings. The van der Waals surface area contributed by atoms with E-state index in [9.17, 15) is 13.6 Å². The molecule has 1 amide bonds. The van der Waals surface area contributed by atoms with Crippen LogP contribution in [-0.4, -0.2) is 40.2 Å². The first kappa shape index (κ1) is 19.0. The van der Waals surface area contributed by atoms with Crippen molar-refractivity contribution in [3.63, 3.8) is 0 Å². The summed E-state index contributed by atoms with van der Waals surface area (Å²) in [5.41, 5.74) is 0.929. The van der Waals surface area contributed by atoms with Crippen molar-refractivity contribution in [2.75, 3.05) is 18.0 Å². The average Bonchev–Trinajstić information content (AvgIpc) is 3.23. The number of nitrogens with zero attached hydrogens (tertiary/aromatic N) is 5. The van der Waals surface area contributed by atoms with E-state index < -0.39 is 17.7 Å². The van der Waals surface area contributed by atoms with E-state index in [0.29, 0.717) is 43.6 Å². The number of rotatable bonds is 3. The summed E-state index contributed by atoms with van der Waals surface area (Å²) in [7, 11) is 0. The van der Waals surface area contributed by atoms with Gasteiger partial charge in [-0.25, -0.2) is 23.8 Å². The van der Waals surface area contributed by atoms with Crippen molar-refractivity contribution in [2.24, 2.45) is 11.0 Å². The zero-order chi connectivity index (χ0) is 20.4. The van der Waals surface area contributed by atoms with Crippen LogP contribution >= 0.6 is 0 Å². The summed E-state index contributed by atoms with van der Waals surface area (Å²) < 4.78 is 27.2. The maximum Gasteiger partial charge on any atom is 0.246 e. The Morgan fingerprint density at radius 1 is 1.10 bits per heavy atom. The van der Waals surface area contributed by atoms with Crippen LogP contribution in [0.2, 0.25) is 0 Å². The van der Waals surface area contributed by atoms with Crippen molar-refractivity contribution < 1.29 is 13.6 Å². The summed E-state index contributed by atoms with van der Waals surface area (Å²) in [5.74, 6) is 1.57. The van der Waals surface area contributed by atoms with Gasteiger partial charge in [0.05, 0.1) is 6.04 Å². The molecule has 29 heavy (non-hydrogen) atoms. The van der Waals surface area contributed by atoms with Crippen molar-refractivity contribution in [3.8, 4) is 12.3 Å². The smallest absolute Gasteiger partial charge is 0.246 e. The Morgan fingerprint density at radius 2 is 1.83 bits per heavy atom. The highest BCUT2D eigenvalue weighted by Crippen LogP contribution is 2.33. The second kappa shape index (κ2) is 7.95. The van der Waals surface area contributed by atoms with Gasteiger partial charge >= 0.3 is 0 Å². The molecular formula is C21H19F2N5O. The molecule has 0 N–H and O–H groups in total. The maximum absolute atomic E-state index is 13.6. The fraction of sp³-hybridized carbons (Fsp3) is 0.333. The first-order chi connectivity index (χ1) is 14.0. The van der Waals surface area contributed by atoms with Gasteiger partial charge in [0.1, 0.15) is 29.5 Å². The van der Waals surface area contributed by atoms with Crippen LogP contribution in [0.25, 0.3) is 0 Å². The molecule has 2 aliphatic rings. The first-order valence-corrected chi connectivity index (χ1v) is 9.40. The summed E-state index contributed by atoms with van der Waals surface area (Å²) in [5, 5.41) is 5.56. The molecular weight excluding hydrogens is 376 g/mol. The maximum atomic E-state index is 13.6. The molecule has 0 saturated carbocycles. The normalized spacial score (nSPS) is 19.4. The average molecular weight is 395 g/mol. The summed E-state index contributed by atoms with van der Waals surface area (Å²) in [6.45, 7) is 1.29. The molecule has 1 atom stereocenters. The predicted molar refractivity (Wildman–Crippen MR) is 104 cm³/mol. The van der Waals surface area contributed by atoms with Crippen molar-refractivity contribution >= 4 is 17.9 Å². The first-order valence-electron chi connectivity index (χ1n) is 9.40. The van der Waals surface area contributed by atoms with Crippen LogP contribution in [0, 0.1) is 29.9 Å². The fourth-order valence-electron chi connectivity index (χ4n) is 3.81. The topological polar surface area (TPSA) is 61.7 Å². The van der Waals surface area contributed by atoms with Gasteiger partial charge in [0, 0.05) is 43.8 Å². The number of hydrogen-bond acceptors (Lipinski definition) is 5. The lowest BCUT2D eigenvalue weighted by Gasteiger charge is -2.34. The summed E-state index contributed by atoms with van der Waals surface area (Å²) in [4.78, 5) is 23.4. The SMILES string of the molecule is C#Cc1cc(N2CCC(C(=O)N3N=CCC3c3cc(F)cc(F)c3)CC2)ncn1. The van der Waals surface area contributed by atoms with Crippen LogP contribution in [0.1, 0.15) is 36.6 Å². The number of halogens is 2. The largest absolute Gasteiger partial charge is 0.356 e. The Balaban J connectivity index is 1.43. The molecule has 8 heteroatoms. The van der Waals surface area contributed by atoms with Crippen LogP contribution in [0.4, 0.5) is 14.6 Å². The molecule has 1 aromatic carbocycles. The number of piperidine rings is 1. The highest BCUT2D eigenvalue weighted by molar-refractivity contribution is 5.82. The molecule has 1 fully saturated rings. The van der Waals surface area contributed by atoms with Gasteiger partial charge in [-0.05, 0) is 30.5 Å². The molecule has 0 bridgehead atoms. The molecule has 1 aromatic heterocycles. The Bertz CT molecular complexity index is 975. The van der Waals surface area contributed by atoms with Crippen molar-refractivity contribution in [1.29, 1.82) is 0 Å². The molecule has 1 saturated heterocycles. The minimum atomic E-state index is -0.663. The van der Waals surface area contributed by atoms with Crippen LogP contribution < -0.4 is 4.90 Å². The standard InChI is InChI=1S/C21H19F2N5O/c1-2-18-12-20(25-13-24-18)27-7-4-14(5-8-27)21(29)28-19(3-6-26-28)15-9-16(22)11-17(23)10-15/h1,6,9-14,19H,3-5,7-8H2. The zero-order valence-corrected chi connectivity index (χ0v) is 15.6. The third kappa shape index (κ3) is 3.94. The number of aromatic nitrogens is 2. The number of hydrazone groups is 1. The third-order valence-corrected chi connectivity index (χ3v) is 5.29. The second-order valence-corrected chi connectivity index (χ2v) is 7.10. The Kier molecular flexibility index (Phi) is 5.21. The highest BCUT2D eigenvalue weighted by Gasteiger charge is 2.35. The molecule has 0 spiro atoms. The monoisotopic (exact) mass is 395 g/mol. The number of amides is 1. The summed E-state index contributed by atoms with van der Waals surface area (Å²) in [6.07, 6.45) is 10.1. The molecule has 4 rings (SSSR count). The molecule has 0 aliphatic carbocycles. The van der Waals surface area contributed by atoms with E-state index >= 15 is 0 Å². The van der Waals surface area contributed by atoms with Crippen molar-refractivity contribution in [1.82, 2.24) is 15.0 Å². The van der Waals surface area contributed by atoms with E-state index in [1.807, 2.05) is 0 Å². The van der Waals surface area contributed by atoms with Gasteiger partial charge in [-0.15, -0.1) is 6.42 Å².